The van der Waals surface area contributed by atoms with Crippen LogP contribution in [0.5, 0.6) is 0 Å². The Morgan fingerprint density at radius 1 is 0.920 bits per heavy atom. The highest BCUT2D eigenvalue weighted by Crippen LogP contribution is 2.24. The first-order valence-electron chi connectivity index (χ1n) is 8.45. The van der Waals surface area contributed by atoms with Crippen molar-refractivity contribution in [2.75, 3.05) is 13.1 Å². The summed E-state index contributed by atoms with van der Waals surface area (Å²) in [5, 5.41) is 0.542. The molecule has 2 aromatic rings. The van der Waals surface area contributed by atoms with Crippen molar-refractivity contribution >= 4 is 23.5 Å². The number of hydrogen-bond donors (Lipinski definition) is 0. The highest BCUT2D eigenvalue weighted by molar-refractivity contribution is 6.30. The second-order valence-corrected chi connectivity index (χ2v) is 6.53. The Hall–Kier alpha value is -2.33. The summed E-state index contributed by atoms with van der Waals surface area (Å²) in [6.45, 7) is 1.42. The second-order valence-electron chi connectivity index (χ2n) is 6.09. The Morgan fingerprint density at radius 2 is 1.56 bits per heavy atom. The maximum Gasteiger partial charge on any atom is 0.339 e. The monoisotopic (exact) mass is 357 g/mol. The van der Waals surface area contributed by atoms with Crippen molar-refractivity contribution in [3.63, 3.8) is 0 Å². The van der Waals surface area contributed by atoms with Gasteiger partial charge in [-0.3, -0.25) is 4.79 Å². The molecule has 25 heavy (non-hydrogen) atoms. The normalized spacial score (nSPS) is 15.5. The molecule has 0 saturated carbocycles. The number of ether oxygens (including phenoxy) is 1. The van der Waals surface area contributed by atoms with Crippen molar-refractivity contribution in [3.05, 3.63) is 70.7 Å². The summed E-state index contributed by atoms with van der Waals surface area (Å²) in [5.41, 5.74) is 1.05. The van der Waals surface area contributed by atoms with E-state index in [-0.39, 0.29) is 5.91 Å². The van der Waals surface area contributed by atoms with Gasteiger partial charge in [0.2, 0.25) is 6.10 Å². The van der Waals surface area contributed by atoms with Crippen molar-refractivity contribution in [2.24, 2.45) is 0 Å². The molecule has 1 atom stereocenters. The van der Waals surface area contributed by atoms with Gasteiger partial charge in [0.25, 0.3) is 5.91 Å². The van der Waals surface area contributed by atoms with Gasteiger partial charge in [0.15, 0.2) is 0 Å². The Bertz CT molecular complexity index is 724. The van der Waals surface area contributed by atoms with Gasteiger partial charge in [-0.1, -0.05) is 41.9 Å². The fourth-order valence-electron chi connectivity index (χ4n) is 2.93. The summed E-state index contributed by atoms with van der Waals surface area (Å²) in [4.78, 5) is 27.2. The largest absolute Gasteiger partial charge is 0.444 e. The topological polar surface area (TPSA) is 46.6 Å². The number of nitrogens with zero attached hydrogens (tertiary/aromatic N) is 1. The predicted octanol–water partition coefficient (Wildman–Crippen LogP) is 4.25. The van der Waals surface area contributed by atoms with Crippen LogP contribution in [0, 0.1) is 0 Å². The molecular formula is C20H20ClNO3. The lowest BCUT2D eigenvalue weighted by Crippen LogP contribution is -2.40. The first-order valence-corrected chi connectivity index (χ1v) is 8.83. The predicted molar refractivity (Wildman–Crippen MR) is 96.5 cm³/mol. The van der Waals surface area contributed by atoms with Crippen LogP contribution in [0.3, 0.4) is 0 Å². The maximum absolute atomic E-state index is 12.9. The van der Waals surface area contributed by atoms with Crippen LogP contribution in [0.1, 0.15) is 41.3 Å². The molecule has 0 radical (unpaired) electrons. The number of rotatable bonds is 4. The summed E-state index contributed by atoms with van der Waals surface area (Å²) >= 11 is 5.86. The smallest absolute Gasteiger partial charge is 0.339 e. The molecule has 1 fully saturated rings. The van der Waals surface area contributed by atoms with E-state index < -0.39 is 12.1 Å². The number of piperidine rings is 1. The van der Waals surface area contributed by atoms with Gasteiger partial charge >= 0.3 is 5.97 Å². The molecule has 1 aliphatic rings. The Balaban J connectivity index is 1.82. The van der Waals surface area contributed by atoms with Crippen LogP contribution in [-0.4, -0.2) is 29.9 Å². The fraction of sp³-hybridized carbons (Fsp3) is 0.300. The molecule has 1 amide bonds. The third kappa shape index (κ3) is 4.40. The van der Waals surface area contributed by atoms with E-state index in [0.29, 0.717) is 29.2 Å². The van der Waals surface area contributed by atoms with Crippen LogP contribution >= 0.6 is 11.6 Å². The number of halogens is 1. The second kappa shape index (κ2) is 8.17. The van der Waals surface area contributed by atoms with E-state index in [1.165, 1.54) is 0 Å². The summed E-state index contributed by atoms with van der Waals surface area (Å²) in [6, 6.07) is 15.6. The van der Waals surface area contributed by atoms with Crippen molar-refractivity contribution in [2.45, 2.75) is 25.4 Å². The van der Waals surface area contributed by atoms with Gasteiger partial charge in [0.1, 0.15) is 0 Å². The van der Waals surface area contributed by atoms with Gasteiger partial charge in [-0.05, 0) is 43.5 Å². The molecule has 0 aromatic heterocycles. The zero-order valence-electron chi connectivity index (χ0n) is 13.9. The van der Waals surface area contributed by atoms with Crippen molar-refractivity contribution in [3.8, 4) is 0 Å². The van der Waals surface area contributed by atoms with E-state index in [2.05, 4.69) is 0 Å². The van der Waals surface area contributed by atoms with Gasteiger partial charge in [-0.2, -0.15) is 0 Å². The van der Waals surface area contributed by atoms with E-state index in [9.17, 15) is 9.59 Å². The fourth-order valence-corrected chi connectivity index (χ4v) is 3.06. The zero-order valence-corrected chi connectivity index (χ0v) is 14.6. The highest BCUT2D eigenvalue weighted by Gasteiger charge is 2.30. The molecule has 2 aromatic carbocycles. The average Bonchev–Trinajstić information content (AvgIpc) is 2.67. The molecule has 5 heteroatoms. The molecule has 0 unspecified atom stereocenters. The van der Waals surface area contributed by atoms with Gasteiger partial charge in [0.05, 0.1) is 5.56 Å². The van der Waals surface area contributed by atoms with E-state index >= 15 is 0 Å². The molecule has 4 nitrogen and oxygen atoms in total. The zero-order chi connectivity index (χ0) is 17.6. The third-order valence-electron chi connectivity index (χ3n) is 4.30. The molecule has 0 aliphatic carbocycles. The van der Waals surface area contributed by atoms with Crippen molar-refractivity contribution < 1.29 is 14.3 Å². The summed E-state index contributed by atoms with van der Waals surface area (Å²) in [5.74, 6) is -0.691. The first kappa shape index (κ1) is 17.5. The molecule has 1 aliphatic heterocycles. The Labute approximate surface area is 152 Å². The highest BCUT2D eigenvalue weighted by atomic mass is 35.5. The SMILES string of the molecule is O=C(O[C@H](C(=O)N1CCCCC1)c1ccccc1)c1ccc(Cl)cc1. The minimum atomic E-state index is -0.928. The van der Waals surface area contributed by atoms with Crippen LogP contribution < -0.4 is 0 Å². The number of benzene rings is 2. The van der Waals surface area contributed by atoms with Crippen LogP contribution in [0.15, 0.2) is 54.6 Å². The minimum absolute atomic E-state index is 0.159. The Kier molecular flexibility index (Phi) is 5.71. The van der Waals surface area contributed by atoms with Gasteiger partial charge in [-0.15, -0.1) is 0 Å². The number of carbonyl (C=O) groups is 2. The number of amides is 1. The van der Waals surface area contributed by atoms with Gasteiger partial charge < -0.3 is 9.64 Å². The first-order chi connectivity index (χ1) is 12.1. The van der Waals surface area contributed by atoms with Gasteiger partial charge in [-0.25, -0.2) is 4.79 Å². The molecular weight excluding hydrogens is 338 g/mol. The van der Waals surface area contributed by atoms with E-state index in [1.54, 1.807) is 29.2 Å². The molecule has 0 N–H and O–H groups in total. The summed E-state index contributed by atoms with van der Waals surface area (Å²) in [6.07, 6.45) is 2.17. The number of likely N-dealkylation sites (tertiary alicyclic amines) is 1. The molecule has 3 rings (SSSR count). The van der Waals surface area contributed by atoms with Crippen LogP contribution in [-0.2, 0) is 9.53 Å². The molecule has 130 valence electrons. The summed E-state index contributed by atoms with van der Waals surface area (Å²) in [7, 11) is 0. The number of hydrogen-bond acceptors (Lipinski definition) is 3. The number of esters is 1. The lowest BCUT2D eigenvalue weighted by Gasteiger charge is -2.30. The summed E-state index contributed by atoms with van der Waals surface area (Å²) < 4.78 is 5.60. The Morgan fingerprint density at radius 3 is 2.20 bits per heavy atom. The quantitative estimate of drug-likeness (QED) is 0.768. The number of carbonyl (C=O) groups excluding carboxylic acids is 2. The molecule has 0 bridgehead atoms. The van der Waals surface area contributed by atoms with Crippen LogP contribution in [0.25, 0.3) is 0 Å². The van der Waals surface area contributed by atoms with Crippen LogP contribution in [0.2, 0.25) is 5.02 Å². The molecule has 1 heterocycles. The van der Waals surface area contributed by atoms with E-state index in [0.717, 1.165) is 19.3 Å². The lowest BCUT2D eigenvalue weighted by atomic mass is 10.1. The molecule has 0 spiro atoms. The van der Waals surface area contributed by atoms with Gasteiger partial charge in [0, 0.05) is 23.7 Å². The van der Waals surface area contributed by atoms with Crippen LogP contribution in [0.4, 0.5) is 0 Å². The van der Waals surface area contributed by atoms with Crippen molar-refractivity contribution in [1.82, 2.24) is 4.90 Å². The average molecular weight is 358 g/mol. The maximum atomic E-state index is 12.9. The minimum Gasteiger partial charge on any atom is -0.444 e. The lowest BCUT2D eigenvalue weighted by molar-refractivity contribution is -0.142. The van der Waals surface area contributed by atoms with E-state index in [1.807, 2.05) is 30.3 Å². The van der Waals surface area contributed by atoms with E-state index in [4.69, 9.17) is 16.3 Å². The van der Waals surface area contributed by atoms with Crippen molar-refractivity contribution in [1.29, 1.82) is 0 Å². The molecule has 1 saturated heterocycles. The standard InChI is InChI=1S/C20H20ClNO3/c21-17-11-9-16(10-12-17)20(24)25-18(15-7-3-1-4-8-15)19(23)22-13-5-2-6-14-22/h1,3-4,7-12,18H,2,5-6,13-14H2/t18-/m0/s1. The third-order valence-corrected chi connectivity index (χ3v) is 4.55.